The van der Waals surface area contributed by atoms with Gasteiger partial charge < -0.3 is 29.7 Å². The lowest BCUT2D eigenvalue weighted by molar-refractivity contribution is -0.135. The number of halogens is 1. The largest absolute Gasteiger partial charge is 0.492 e. The van der Waals surface area contributed by atoms with Gasteiger partial charge >= 0.3 is 5.69 Å². The quantitative estimate of drug-likeness (QED) is 0.0644. The van der Waals surface area contributed by atoms with Crippen LogP contribution in [0.25, 0.3) is 21.9 Å². The standard InChI is InChI=1S/C51H64BrN12O5P/c1-7-32-28-39(57-50-54-31-36(52)48(59-50)56-38-15-14-37-35(47(38)70(5,6)68)30-53-44(8-2)55-37)43(69-10-4)29-42(32)62-22-19-34(20-23-62)61-26-24-60(25-27-61)21-18-33-12-11-13-40-46(33)63(9-3)51(67)64(40)41-16-17-45(65)58-49(41)66/h11-15,28-31,34,41H,7-10,16-27H2,1-6H3,(H,58,65,66)(H2,54,56,57,59). The van der Waals surface area contributed by atoms with Crippen LogP contribution in [-0.2, 0) is 40.0 Å². The number of carbonyl (C=O) groups excluding carboxylic acids is 2. The van der Waals surface area contributed by atoms with Gasteiger partial charge in [0.25, 0.3) is 0 Å². The second-order valence-electron chi connectivity index (χ2n) is 18.8. The molecule has 19 heteroatoms. The number of hydrogen-bond donors (Lipinski definition) is 3. The van der Waals surface area contributed by atoms with Crippen LogP contribution in [0.2, 0.25) is 0 Å². The van der Waals surface area contributed by atoms with Gasteiger partial charge in [-0.05, 0) is 111 Å². The van der Waals surface area contributed by atoms with E-state index in [0.29, 0.717) is 59.3 Å². The fourth-order valence-corrected chi connectivity index (χ4v) is 12.3. The minimum atomic E-state index is -2.79. The van der Waals surface area contributed by atoms with Crippen LogP contribution in [0.4, 0.5) is 28.8 Å². The molecule has 3 aliphatic heterocycles. The second-order valence-corrected chi connectivity index (χ2v) is 22.8. The highest BCUT2D eigenvalue weighted by Gasteiger charge is 2.33. The first-order valence-electron chi connectivity index (χ1n) is 24.8. The number of nitrogens with zero attached hydrogens (tertiary/aromatic N) is 9. The highest BCUT2D eigenvalue weighted by molar-refractivity contribution is 9.10. The Balaban J connectivity index is 0.833. The van der Waals surface area contributed by atoms with E-state index in [1.54, 1.807) is 34.9 Å². The summed E-state index contributed by atoms with van der Waals surface area (Å²) >= 11 is 3.64. The van der Waals surface area contributed by atoms with Crippen molar-refractivity contribution < 1.29 is 18.9 Å². The molecule has 3 saturated heterocycles. The number of anilines is 5. The molecule has 70 heavy (non-hydrogen) atoms. The van der Waals surface area contributed by atoms with Gasteiger partial charge in [0.2, 0.25) is 17.8 Å². The lowest BCUT2D eigenvalue weighted by Gasteiger charge is -2.43. The zero-order valence-corrected chi connectivity index (χ0v) is 43.5. The van der Waals surface area contributed by atoms with Gasteiger partial charge in [-0.1, -0.05) is 26.0 Å². The molecular formula is C51H64BrN12O5P. The van der Waals surface area contributed by atoms with Crippen LogP contribution in [0, 0.1) is 0 Å². The Kier molecular flexibility index (Phi) is 14.8. The molecule has 3 N–H and O–H groups in total. The number of para-hydroxylation sites is 1. The number of imide groups is 1. The zero-order chi connectivity index (χ0) is 49.3. The fraction of sp³-hybridized carbons (Fsp3) is 0.471. The van der Waals surface area contributed by atoms with Crippen LogP contribution in [0.3, 0.4) is 0 Å². The molecule has 370 valence electrons. The monoisotopic (exact) mass is 1030 g/mol. The summed E-state index contributed by atoms with van der Waals surface area (Å²) in [5.41, 5.74) is 7.16. The second kappa shape index (κ2) is 21.0. The number of hydrogen-bond acceptors (Lipinski definition) is 14. The van der Waals surface area contributed by atoms with E-state index in [2.05, 4.69) is 86.7 Å². The number of rotatable bonds is 16. The number of piperazine rings is 1. The minimum Gasteiger partial charge on any atom is -0.492 e. The molecule has 17 nitrogen and oxygen atoms in total. The third-order valence-electron chi connectivity index (χ3n) is 14.1. The van der Waals surface area contributed by atoms with Gasteiger partial charge in [-0.2, -0.15) is 4.98 Å². The molecule has 9 rings (SSSR count). The Hall–Kier alpha value is -5.68. The Morgan fingerprint density at radius 1 is 0.857 bits per heavy atom. The average molecular weight is 1040 g/mol. The minimum absolute atomic E-state index is 0.202. The summed E-state index contributed by atoms with van der Waals surface area (Å²) in [6.07, 6.45) is 8.52. The summed E-state index contributed by atoms with van der Waals surface area (Å²) < 4.78 is 24.1. The molecule has 3 aromatic carbocycles. The first-order valence-corrected chi connectivity index (χ1v) is 28.2. The summed E-state index contributed by atoms with van der Waals surface area (Å²) in [6.45, 7) is 19.4. The van der Waals surface area contributed by atoms with Gasteiger partial charge in [0.15, 0.2) is 0 Å². The average Bonchev–Trinajstić information content (AvgIpc) is 3.65. The molecule has 0 bridgehead atoms. The van der Waals surface area contributed by atoms with E-state index in [0.717, 1.165) is 116 Å². The van der Waals surface area contributed by atoms with Gasteiger partial charge in [-0.3, -0.25) is 28.9 Å². The Labute approximate surface area is 417 Å². The van der Waals surface area contributed by atoms with Crippen molar-refractivity contribution in [3.05, 3.63) is 86.8 Å². The van der Waals surface area contributed by atoms with Crippen molar-refractivity contribution in [2.45, 2.75) is 91.3 Å². The van der Waals surface area contributed by atoms with Crippen molar-refractivity contribution in [1.82, 2.24) is 44.2 Å². The van der Waals surface area contributed by atoms with E-state index < -0.39 is 19.1 Å². The maximum absolute atomic E-state index is 13.7. The number of piperidine rings is 2. The molecule has 1 unspecified atom stereocenters. The zero-order valence-electron chi connectivity index (χ0n) is 41.1. The summed E-state index contributed by atoms with van der Waals surface area (Å²) in [5, 5.41) is 10.7. The number of benzene rings is 3. The Morgan fingerprint density at radius 3 is 2.34 bits per heavy atom. The number of aryl methyl sites for hydroxylation is 3. The maximum atomic E-state index is 13.7. The van der Waals surface area contributed by atoms with E-state index in [9.17, 15) is 18.9 Å². The molecule has 3 aromatic heterocycles. The topological polar surface area (TPSA) is 185 Å². The molecule has 6 heterocycles. The SMILES string of the molecule is CCOc1cc(N2CCC(N3CCN(CCc4cccc5c4n(CC)c(=O)n5C4CCC(=O)NC4=O)CC3)CC2)c(CC)cc1Nc1ncc(Br)c(Nc2ccc3nc(CC)ncc3c2P(C)(C)=O)n1. The molecule has 3 aliphatic rings. The summed E-state index contributed by atoms with van der Waals surface area (Å²) in [5.74, 6) is 1.68. The maximum Gasteiger partial charge on any atom is 0.329 e. The predicted molar refractivity (Wildman–Crippen MR) is 282 cm³/mol. The summed E-state index contributed by atoms with van der Waals surface area (Å²) in [7, 11) is -2.79. The number of fused-ring (bicyclic) bond motifs is 2. The van der Waals surface area contributed by atoms with Crippen molar-refractivity contribution in [2.75, 3.05) is 81.3 Å². The van der Waals surface area contributed by atoms with Crippen molar-refractivity contribution in [3.8, 4) is 5.75 Å². The number of carbonyl (C=O) groups is 2. The van der Waals surface area contributed by atoms with Crippen molar-refractivity contribution in [3.63, 3.8) is 0 Å². The molecule has 0 saturated carbocycles. The van der Waals surface area contributed by atoms with Crippen LogP contribution in [0.1, 0.15) is 76.4 Å². The molecule has 1 atom stereocenters. The lowest BCUT2D eigenvalue weighted by atomic mass is 9.99. The van der Waals surface area contributed by atoms with E-state index in [-0.39, 0.29) is 18.0 Å². The first-order chi connectivity index (χ1) is 33.8. The molecule has 0 aliphatic carbocycles. The van der Waals surface area contributed by atoms with Crippen molar-refractivity contribution in [2.24, 2.45) is 0 Å². The van der Waals surface area contributed by atoms with Crippen molar-refractivity contribution >= 4 is 91.0 Å². The smallest absolute Gasteiger partial charge is 0.329 e. The fourth-order valence-electron chi connectivity index (χ4n) is 10.5. The van der Waals surface area contributed by atoms with Crippen LogP contribution < -0.4 is 36.6 Å². The Morgan fingerprint density at radius 2 is 1.64 bits per heavy atom. The molecule has 3 fully saturated rings. The van der Waals surface area contributed by atoms with E-state index in [1.807, 2.05) is 45.0 Å². The molecule has 6 aromatic rings. The normalized spacial score (nSPS) is 17.6. The third kappa shape index (κ3) is 10.1. The van der Waals surface area contributed by atoms with E-state index in [4.69, 9.17) is 9.72 Å². The van der Waals surface area contributed by atoms with Gasteiger partial charge in [0.1, 0.15) is 30.6 Å². The number of nitrogens with one attached hydrogen (secondary N) is 3. The van der Waals surface area contributed by atoms with Gasteiger partial charge in [-0.25, -0.2) is 19.7 Å². The summed E-state index contributed by atoms with van der Waals surface area (Å²) in [6, 6.07) is 14.0. The molecule has 2 amide bonds. The summed E-state index contributed by atoms with van der Waals surface area (Å²) in [4.78, 5) is 64.8. The van der Waals surface area contributed by atoms with E-state index in [1.165, 1.54) is 11.3 Å². The highest BCUT2D eigenvalue weighted by atomic mass is 79.9. The van der Waals surface area contributed by atoms with Crippen LogP contribution in [0.15, 0.2) is 64.1 Å². The number of ether oxygens (including phenoxy) is 1. The number of aromatic nitrogens is 6. The number of amides is 2. The van der Waals surface area contributed by atoms with Crippen LogP contribution in [0.5, 0.6) is 5.75 Å². The molecular weight excluding hydrogens is 972 g/mol. The predicted octanol–water partition coefficient (Wildman–Crippen LogP) is 7.38. The highest BCUT2D eigenvalue weighted by Crippen LogP contribution is 2.42. The molecule has 0 spiro atoms. The molecule has 0 radical (unpaired) electrons. The number of imidazole rings is 1. The van der Waals surface area contributed by atoms with Gasteiger partial charge in [0.05, 0.1) is 39.0 Å². The van der Waals surface area contributed by atoms with Crippen LogP contribution in [-0.4, -0.2) is 122 Å². The Bertz CT molecular complexity index is 3050. The van der Waals surface area contributed by atoms with E-state index >= 15 is 0 Å². The van der Waals surface area contributed by atoms with Crippen molar-refractivity contribution in [1.29, 1.82) is 0 Å². The third-order valence-corrected chi connectivity index (χ3v) is 16.2. The van der Waals surface area contributed by atoms with Gasteiger partial charge in [-0.15, -0.1) is 0 Å². The van der Waals surface area contributed by atoms with Crippen LogP contribution >= 0.6 is 23.1 Å². The first kappa shape index (κ1) is 49.3. The van der Waals surface area contributed by atoms with Gasteiger partial charge in [0, 0.05) is 106 Å². The lowest BCUT2D eigenvalue weighted by Crippen LogP contribution is -2.53.